The molecule has 0 saturated carbocycles. The van der Waals surface area contributed by atoms with Gasteiger partial charge in [0, 0.05) is 17.5 Å². The highest BCUT2D eigenvalue weighted by molar-refractivity contribution is 7.09. The van der Waals surface area contributed by atoms with Gasteiger partial charge in [-0.1, -0.05) is 6.07 Å². The van der Waals surface area contributed by atoms with E-state index in [-0.39, 0.29) is 5.91 Å². The fourth-order valence-corrected chi connectivity index (χ4v) is 3.61. The first-order valence-electron chi connectivity index (χ1n) is 7.20. The van der Waals surface area contributed by atoms with E-state index in [4.69, 9.17) is 4.42 Å². The molecule has 1 aliphatic heterocycles. The van der Waals surface area contributed by atoms with Gasteiger partial charge in [0.05, 0.1) is 11.8 Å². The minimum absolute atomic E-state index is 0.120. The Morgan fingerprint density at radius 3 is 3.10 bits per heavy atom. The number of carbonyl (C=O) groups is 1. The maximum atomic E-state index is 12.5. The number of aryl methyl sites for hydroxylation is 1. The second kappa shape index (κ2) is 6.27. The van der Waals surface area contributed by atoms with Crippen molar-refractivity contribution in [1.29, 1.82) is 0 Å². The molecule has 20 heavy (non-hydrogen) atoms. The van der Waals surface area contributed by atoms with Gasteiger partial charge in [0.25, 0.3) is 5.91 Å². The van der Waals surface area contributed by atoms with Gasteiger partial charge in [0.15, 0.2) is 0 Å². The Bertz CT molecular complexity index is 533. The van der Waals surface area contributed by atoms with Crippen LogP contribution in [-0.4, -0.2) is 23.4 Å². The summed E-state index contributed by atoms with van der Waals surface area (Å²) in [5.41, 5.74) is 0.674. The standard InChI is InChI=1S/C16H19NO2S/c18-16(13-8-10-19-12-13)17-9-2-1-4-14(17)6-7-15-5-3-11-20-15/h3,5,8,10-12,14H,1-2,4,6-7,9H2. The number of rotatable bonds is 4. The zero-order chi connectivity index (χ0) is 13.8. The predicted molar refractivity (Wildman–Crippen MR) is 80.0 cm³/mol. The third-order valence-electron chi connectivity index (χ3n) is 3.96. The summed E-state index contributed by atoms with van der Waals surface area (Å²) < 4.78 is 5.03. The lowest BCUT2D eigenvalue weighted by Gasteiger charge is -2.35. The number of hydrogen-bond donors (Lipinski definition) is 0. The number of carbonyl (C=O) groups excluding carboxylic acids is 1. The van der Waals surface area contributed by atoms with Gasteiger partial charge in [-0.3, -0.25) is 4.79 Å². The van der Waals surface area contributed by atoms with E-state index in [0.717, 1.165) is 32.2 Å². The minimum atomic E-state index is 0.120. The molecule has 0 N–H and O–H groups in total. The molecule has 1 atom stereocenters. The molecule has 3 rings (SSSR count). The summed E-state index contributed by atoms with van der Waals surface area (Å²) in [6.45, 7) is 0.874. The summed E-state index contributed by atoms with van der Waals surface area (Å²) in [7, 11) is 0. The van der Waals surface area contributed by atoms with E-state index in [1.807, 2.05) is 4.90 Å². The van der Waals surface area contributed by atoms with Gasteiger partial charge < -0.3 is 9.32 Å². The first-order chi connectivity index (χ1) is 9.84. The Balaban J connectivity index is 1.66. The quantitative estimate of drug-likeness (QED) is 0.853. The SMILES string of the molecule is O=C(c1ccoc1)N1CCCCC1CCc1cccs1. The van der Waals surface area contributed by atoms with Gasteiger partial charge in [-0.2, -0.15) is 0 Å². The molecule has 2 aromatic rings. The topological polar surface area (TPSA) is 33.5 Å². The van der Waals surface area contributed by atoms with Crippen molar-refractivity contribution in [2.24, 2.45) is 0 Å². The first kappa shape index (κ1) is 13.4. The zero-order valence-electron chi connectivity index (χ0n) is 11.5. The summed E-state index contributed by atoms with van der Waals surface area (Å²) >= 11 is 1.80. The second-order valence-corrected chi connectivity index (χ2v) is 6.31. The molecule has 0 radical (unpaired) electrons. The summed E-state index contributed by atoms with van der Waals surface area (Å²) in [6, 6.07) is 6.39. The largest absolute Gasteiger partial charge is 0.472 e. The van der Waals surface area contributed by atoms with Gasteiger partial charge in [-0.15, -0.1) is 11.3 Å². The Morgan fingerprint density at radius 1 is 1.40 bits per heavy atom. The van der Waals surface area contributed by atoms with Crippen LogP contribution in [0, 0.1) is 0 Å². The molecule has 4 heteroatoms. The molecular formula is C16H19NO2S. The Hall–Kier alpha value is -1.55. The first-order valence-corrected chi connectivity index (χ1v) is 8.08. The number of amides is 1. The van der Waals surface area contributed by atoms with Crippen LogP contribution >= 0.6 is 11.3 Å². The van der Waals surface area contributed by atoms with Gasteiger partial charge >= 0.3 is 0 Å². The number of furan rings is 1. The lowest BCUT2D eigenvalue weighted by atomic mass is 9.97. The third kappa shape index (κ3) is 2.96. The van der Waals surface area contributed by atoms with Crippen LogP contribution < -0.4 is 0 Å². The summed E-state index contributed by atoms with van der Waals surface area (Å²) in [6.07, 6.45) is 8.70. The van der Waals surface area contributed by atoms with E-state index in [2.05, 4.69) is 17.5 Å². The summed E-state index contributed by atoms with van der Waals surface area (Å²) in [5.74, 6) is 0.120. The van der Waals surface area contributed by atoms with Crippen LogP contribution in [0.2, 0.25) is 0 Å². The fraction of sp³-hybridized carbons (Fsp3) is 0.438. The van der Waals surface area contributed by atoms with Crippen LogP contribution in [0.25, 0.3) is 0 Å². The molecule has 0 bridgehead atoms. The summed E-state index contributed by atoms with van der Waals surface area (Å²) in [4.78, 5) is 16.0. The average molecular weight is 289 g/mol. The Kier molecular flexibility index (Phi) is 4.21. The number of likely N-dealkylation sites (tertiary alicyclic amines) is 1. The van der Waals surface area contributed by atoms with E-state index in [0.29, 0.717) is 11.6 Å². The van der Waals surface area contributed by atoms with Crippen LogP contribution in [0.3, 0.4) is 0 Å². The van der Waals surface area contributed by atoms with E-state index in [1.54, 1.807) is 29.9 Å². The molecule has 3 nitrogen and oxygen atoms in total. The van der Waals surface area contributed by atoms with Crippen LogP contribution in [0.15, 0.2) is 40.5 Å². The van der Waals surface area contributed by atoms with Gasteiger partial charge in [0.1, 0.15) is 6.26 Å². The molecule has 1 unspecified atom stereocenters. The molecule has 0 aliphatic carbocycles. The molecule has 1 amide bonds. The van der Waals surface area contributed by atoms with Crippen LogP contribution in [0.4, 0.5) is 0 Å². The zero-order valence-corrected chi connectivity index (χ0v) is 12.3. The van der Waals surface area contributed by atoms with E-state index < -0.39 is 0 Å². The van der Waals surface area contributed by atoms with Crippen molar-refractivity contribution in [2.45, 2.75) is 38.1 Å². The highest BCUT2D eigenvalue weighted by Gasteiger charge is 2.27. The highest BCUT2D eigenvalue weighted by atomic mass is 32.1. The van der Waals surface area contributed by atoms with Gasteiger partial charge in [-0.25, -0.2) is 0 Å². The maximum Gasteiger partial charge on any atom is 0.257 e. The minimum Gasteiger partial charge on any atom is -0.472 e. The smallest absolute Gasteiger partial charge is 0.257 e. The predicted octanol–water partition coefficient (Wildman–Crippen LogP) is 3.97. The Morgan fingerprint density at radius 2 is 2.35 bits per heavy atom. The number of thiophene rings is 1. The van der Waals surface area contributed by atoms with Crippen molar-refractivity contribution < 1.29 is 9.21 Å². The normalized spacial score (nSPS) is 19.2. The van der Waals surface area contributed by atoms with Crippen molar-refractivity contribution >= 4 is 17.2 Å². The monoisotopic (exact) mass is 289 g/mol. The molecule has 3 heterocycles. The second-order valence-electron chi connectivity index (χ2n) is 5.28. The van der Waals surface area contributed by atoms with Crippen molar-refractivity contribution in [3.05, 3.63) is 46.5 Å². The van der Waals surface area contributed by atoms with Crippen molar-refractivity contribution in [2.75, 3.05) is 6.54 Å². The van der Waals surface area contributed by atoms with Gasteiger partial charge in [0.2, 0.25) is 0 Å². The van der Waals surface area contributed by atoms with Crippen molar-refractivity contribution in [1.82, 2.24) is 4.90 Å². The number of hydrogen-bond acceptors (Lipinski definition) is 3. The lowest BCUT2D eigenvalue weighted by Crippen LogP contribution is -2.43. The number of piperidine rings is 1. The fourth-order valence-electron chi connectivity index (χ4n) is 2.88. The van der Waals surface area contributed by atoms with Crippen LogP contribution in [0.5, 0.6) is 0 Å². The lowest BCUT2D eigenvalue weighted by molar-refractivity contribution is 0.0601. The Labute approximate surface area is 123 Å². The molecule has 1 fully saturated rings. The van der Waals surface area contributed by atoms with Crippen LogP contribution in [0.1, 0.15) is 40.9 Å². The molecule has 2 aromatic heterocycles. The van der Waals surface area contributed by atoms with Crippen LogP contribution in [-0.2, 0) is 6.42 Å². The molecule has 1 aliphatic rings. The maximum absolute atomic E-state index is 12.5. The van der Waals surface area contributed by atoms with E-state index in [9.17, 15) is 4.79 Å². The molecule has 1 saturated heterocycles. The average Bonchev–Trinajstić information content (AvgIpc) is 3.18. The van der Waals surface area contributed by atoms with Crippen molar-refractivity contribution in [3.8, 4) is 0 Å². The summed E-state index contributed by atoms with van der Waals surface area (Å²) in [5, 5.41) is 2.12. The van der Waals surface area contributed by atoms with E-state index >= 15 is 0 Å². The molecule has 106 valence electrons. The van der Waals surface area contributed by atoms with Crippen molar-refractivity contribution in [3.63, 3.8) is 0 Å². The molecule has 0 aromatic carbocycles. The van der Waals surface area contributed by atoms with E-state index in [1.165, 1.54) is 11.3 Å². The molecule has 0 spiro atoms. The van der Waals surface area contributed by atoms with Gasteiger partial charge in [-0.05, 0) is 49.6 Å². The molecular weight excluding hydrogens is 270 g/mol. The third-order valence-corrected chi connectivity index (χ3v) is 4.90. The number of nitrogens with zero attached hydrogens (tertiary/aromatic N) is 1. The highest BCUT2D eigenvalue weighted by Crippen LogP contribution is 2.24.